The van der Waals surface area contributed by atoms with Gasteiger partial charge in [-0.2, -0.15) is 4.98 Å². The van der Waals surface area contributed by atoms with Gasteiger partial charge in [0.15, 0.2) is 5.82 Å². The standard InChI is InChI=1S/C16H18N4O2S/c1-10-7-5-6-8-11(10)13-18-19-15(21-13)23-9-12-17-14(20-22-12)16(2,3)4/h5-8H,9H2,1-4H3. The maximum absolute atomic E-state index is 5.70. The lowest BCUT2D eigenvalue weighted by Gasteiger charge is -2.10. The predicted octanol–water partition coefficient (Wildman–Crippen LogP) is 4.02. The number of thioether (sulfide) groups is 1. The second kappa shape index (κ2) is 6.16. The van der Waals surface area contributed by atoms with Crippen LogP contribution in [0.25, 0.3) is 11.5 Å². The van der Waals surface area contributed by atoms with E-state index in [-0.39, 0.29) is 5.41 Å². The highest BCUT2D eigenvalue weighted by molar-refractivity contribution is 7.98. The number of hydrogen-bond acceptors (Lipinski definition) is 7. The fourth-order valence-electron chi connectivity index (χ4n) is 1.93. The van der Waals surface area contributed by atoms with Crippen molar-refractivity contribution in [1.82, 2.24) is 20.3 Å². The number of aryl methyl sites for hydroxylation is 1. The molecule has 0 bridgehead atoms. The van der Waals surface area contributed by atoms with Gasteiger partial charge in [0.25, 0.3) is 5.22 Å². The summed E-state index contributed by atoms with van der Waals surface area (Å²) >= 11 is 1.38. The van der Waals surface area contributed by atoms with Gasteiger partial charge >= 0.3 is 0 Å². The Morgan fingerprint density at radius 1 is 1.13 bits per heavy atom. The largest absolute Gasteiger partial charge is 0.411 e. The molecular weight excluding hydrogens is 312 g/mol. The molecule has 0 aliphatic rings. The minimum atomic E-state index is -0.130. The van der Waals surface area contributed by atoms with Crippen molar-refractivity contribution >= 4 is 11.8 Å². The van der Waals surface area contributed by atoms with Crippen LogP contribution in [0.4, 0.5) is 0 Å². The molecule has 0 amide bonds. The molecule has 120 valence electrons. The van der Waals surface area contributed by atoms with Crippen molar-refractivity contribution in [3.05, 3.63) is 41.5 Å². The van der Waals surface area contributed by atoms with Crippen LogP contribution >= 0.6 is 11.8 Å². The highest BCUT2D eigenvalue weighted by Crippen LogP contribution is 2.27. The molecule has 7 heteroatoms. The Labute approximate surface area is 138 Å². The molecule has 0 aliphatic carbocycles. The van der Waals surface area contributed by atoms with Gasteiger partial charge < -0.3 is 8.94 Å². The SMILES string of the molecule is Cc1ccccc1-c1nnc(SCc2nc(C(C)(C)C)no2)o1. The van der Waals surface area contributed by atoms with Crippen molar-refractivity contribution in [2.75, 3.05) is 0 Å². The molecule has 6 nitrogen and oxygen atoms in total. The van der Waals surface area contributed by atoms with Crippen LogP contribution in [0.15, 0.2) is 38.4 Å². The molecule has 3 rings (SSSR count). The third-order valence-electron chi connectivity index (χ3n) is 3.24. The number of benzene rings is 1. The summed E-state index contributed by atoms with van der Waals surface area (Å²) in [5.41, 5.74) is 1.91. The Hall–Kier alpha value is -2.15. The zero-order valence-corrected chi connectivity index (χ0v) is 14.3. The molecule has 0 saturated carbocycles. The first kappa shape index (κ1) is 15.7. The minimum Gasteiger partial charge on any atom is -0.411 e. The van der Waals surface area contributed by atoms with Gasteiger partial charge in [-0.15, -0.1) is 10.2 Å². The smallest absolute Gasteiger partial charge is 0.277 e. The minimum absolute atomic E-state index is 0.130. The van der Waals surface area contributed by atoms with Crippen LogP contribution in [-0.4, -0.2) is 20.3 Å². The first-order chi connectivity index (χ1) is 10.9. The van der Waals surface area contributed by atoms with E-state index in [1.807, 2.05) is 52.0 Å². The third-order valence-corrected chi connectivity index (χ3v) is 4.04. The summed E-state index contributed by atoms with van der Waals surface area (Å²) in [5, 5.41) is 12.6. The number of hydrogen-bond donors (Lipinski definition) is 0. The molecular formula is C16H18N4O2S. The van der Waals surface area contributed by atoms with E-state index in [0.717, 1.165) is 11.1 Å². The van der Waals surface area contributed by atoms with Gasteiger partial charge in [0.05, 0.1) is 5.75 Å². The monoisotopic (exact) mass is 330 g/mol. The van der Waals surface area contributed by atoms with E-state index in [2.05, 4.69) is 20.3 Å². The Bertz CT molecular complexity index is 804. The van der Waals surface area contributed by atoms with Gasteiger partial charge in [-0.1, -0.05) is 55.9 Å². The fourth-order valence-corrected chi connectivity index (χ4v) is 2.53. The van der Waals surface area contributed by atoms with Gasteiger partial charge in [0.1, 0.15) is 0 Å². The molecule has 0 aliphatic heterocycles. The molecule has 0 saturated heterocycles. The summed E-state index contributed by atoms with van der Waals surface area (Å²) in [6.07, 6.45) is 0. The molecule has 1 aromatic carbocycles. The Kier molecular flexibility index (Phi) is 4.21. The van der Waals surface area contributed by atoms with E-state index in [0.29, 0.717) is 28.6 Å². The van der Waals surface area contributed by atoms with Crippen LogP contribution in [-0.2, 0) is 11.2 Å². The summed E-state index contributed by atoms with van der Waals surface area (Å²) in [6.45, 7) is 8.14. The van der Waals surface area contributed by atoms with E-state index in [4.69, 9.17) is 8.94 Å². The molecule has 3 aromatic rings. The van der Waals surface area contributed by atoms with E-state index >= 15 is 0 Å². The molecule has 2 heterocycles. The van der Waals surface area contributed by atoms with Crippen molar-refractivity contribution in [2.24, 2.45) is 0 Å². The highest BCUT2D eigenvalue weighted by atomic mass is 32.2. The Balaban J connectivity index is 1.68. The zero-order valence-electron chi connectivity index (χ0n) is 13.5. The normalized spacial score (nSPS) is 11.8. The molecule has 0 fully saturated rings. The lowest BCUT2D eigenvalue weighted by atomic mass is 9.96. The van der Waals surface area contributed by atoms with E-state index < -0.39 is 0 Å². The molecule has 0 atom stereocenters. The maximum atomic E-state index is 5.70. The molecule has 0 unspecified atom stereocenters. The molecule has 0 radical (unpaired) electrons. The topological polar surface area (TPSA) is 77.8 Å². The molecule has 0 N–H and O–H groups in total. The van der Waals surface area contributed by atoms with Gasteiger partial charge in [0.2, 0.25) is 11.8 Å². The van der Waals surface area contributed by atoms with Gasteiger partial charge in [-0.3, -0.25) is 0 Å². The van der Waals surface area contributed by atoms with Gasteiger partial charge in [-0.25, -0.2) is 0 Å². The number of rotatable bonds is 4. The van der Waals surface area contributed by atoms with Crippen LogP contribution in [0.3, 0.4) is 0 Å². The van der Waals surface area contributed by atoms with Crippen molar-refractivity contribution in [1.29, 1.82) is 0 Å². The van der Waals surface area contributed by atoms with Gasteiger partial charge in [-0.05, 0) is 18.6 Å². The summed E-state index contributed by atoms with van der Waals surface area (Å²) in [4.78, 5) is 4.39. The van der Waals surface area contributed by atoms with E-state index in [9.17, 15) is 0 Å². The maximum Gasteiger partial charge on any atom is 0.277 e. The average molecular weight is 330 g/mol. The van der Waals surface area contributed by atoms with E-state index in [1.54, 1.807) is 0 Å². The number of aromatic nitrogens is 4. The summed E-state index contributed by atoms with van der Waals surface area (Å²) in [6, 6.07) is 7.91. The lowest BCUT2D eigenvalue weighted by Crippen LogP contribution is -2.13. The average Bonchev–Trinajstić information content (AvgIpc) is 3.14. The van der Waals surface area contributed by atoms with Crippen LogP contribution in [0.2, 0.25) is 0 Å². The zero-order chi connectivity index (χ0) is 16.4. The third kappa shape index (κ3) is 3.61. The second-order valence-corrected chi connectivity index (χ2v) is 7.17. The first-order valence-electron chi connectivity index (χ1n) is 7.29. The fraction of sp³-hybridized carbons (Fsp3) is 0.375. The summed E-state index contributed by atoms with van der Waals surface area (Å²) < 4.78 is 10.9. The lowest BCUT2D eigenvalue weighted by molar-refractivity contribution is 0.372. The van der Waals surface area contributed by atoms with Crippen LogP contribution in [0, 0.1) is 6.92 Å². The van der Waals surface area contributed by atoms with Crippen LogP contribution in [0.5, 0.6) is 0 Å². The quantitative estimate of drug-likeness (QED) is 0.668. The molecule has 2 aromatic heterocycles. The van der Waals surface area contributed by atoms with Crippen molar-refractivity contribution in [3.63, 3.8) is 0 Å². The highest BCUT2D eigenvalue weighted by Gasteiger charge is 2.21. The van der Waals surface area contributed by atoms with Crippen LogP contribution < -0.4 is 0 Å². The Morgan fingerprint density at radius 3 is 2.61 bits per heavy atom. The number of nitrogens with zero attached hydrogens (tertiary/aromatic N) is 4. The molecule has 0 spiro atoms. The second-order valence-electron chi connectivity index (χ2n) is 6.24. The predicted molar refractivity (Wildman–Crippen MR) is 87.0 cm³/mol. The summed E-state index contributed by atoms with van der Waals surface area (Å²) in [5.74, 6) is 2.26. The summed E-state index contributed by atoms with van der Waals surface area (Å²) in [7, 11) is 0. The molecule has 23 heavy (non-hydrogen) atoms. The van der Waals surface area contributed by atoms with Crippen molar-refractivity contribution in [2.45, 2.75) is 44.1 Å². The van der Waals surface area contributed by atoms with Gasteiger partial charge in [0, 0.05) is 11.0 Å². The van der Waals surface area contributed by atoms with Crippen molar-refractivity contribution < 1.29 is 8.94 Å². The first-order valence-corrected chi connectivity index (χ1v) is 8.27. The van der Waals surface area contributed by atoms with Crippen molar-refractivity contribution in [3.8, 4) is 11.5 Å². The Morgan fingerprint density at radius 2 is 1.91 bits per heavy atom. The van der Waals surface area contributed by atoms with E-state index in [1.165, 1.54) is 11.8 Å². The van der Waals surface area contributed by atoms with Crippen LogP contribution in [0.1, 0.15) is 38.0 Å².